The zero-order valence-electron chi connectivity index (χ0n) is 16.7. The third-order valence-corrected chi connectivity index (χ3v) is 9.25. The predicted octanol–water partition coefficient (Wildman–Crippen LogP) is 2.89. The van der Waals surface area contributed by atoms with Gasteiger partial charge in [0.15, 0.2) is 0 Å². The van der Waals surface area contributed by atoms with Crippen molar-refractivity contribution in [2.24, 2.45) is 0 Å². The Labute approximate surface area is 197 Å². The minimum atomic E-state index is -0.832. The average Bonchev–Trinajstić information content (AvgIpc) is 3.25. The number of amides is 2. The second kappa shape index (κ2) is 7.81. The Morgan fingerprint density at radius 3 is 1.97 bits per heavy atom. The second-order valence-corrected chi connectivity index (χ2v) is 11.0. The van der Waals surface area contributed by atoms with Gasteiger partial charge < -0.3 is 0 Å². The van der Waals surface area contributed by atoms with Crippen LogP contribution in [0.1, 0.15) is 3.58 Å². The molecule has 0 radical (unpaired) electrons. The molecule has 1 saturated heterocycles. The molecule has 1 aromatic heterocycles. The standard InChI is InChI=1S/C23H17N3O3SeTe/c1-24-21(27)15(22(28)25(2)23(24)30)13-14-11-12-20(31-14)26-16-7-3-5-9-18(16)29-19-10-6-4-8-17(19)26/h3-13H,1-2H3. The van der Waals surface area contributed by atoms with Gasteiger partial charge in [0.2, 0.25) is 0 Å². The maximum atomic E-state index is 12.7. The molecule has 3 aromatic rings. The van der Waals surface area contributed by atoms with Crippen LogP contribution < -0.4 is 9.64 Å². The van der Waals surface area contributed by atoms with Gasteiger partial charge in [0, 0.05) is 0 Å². The van der Waals surface area contributed by atoms with Crippen LogP contribution in [-0.4, -0.2) is 76.4 Å². The molecule has 0 unspecified atom stereocenters. The fourth-order valence-corrected chi connectivity index (χ4v) is 6.74. The molecule has 0 atom stereocenters. The molecule has 2 aliphatic rings. The van der Waals surface area contributed by atoms with Crippen LogP contribution >= 0.6 is 0 Å². The van der Waals surface area contributed by atoms with Gasteiger partial charge in [0.25, 0.3) is 0 Å². The molecular formula is C23H17N3O3SeTe. The Kier molecular flexibility index (Phi) is 5.11. The normalized spacial score (nSPS) is 15.6. The first-order valence-corrected chi connectivity index (χ1v) is 12.7. The number of ether oxygens (including phenoxy) is 1. The van der Waals surface area contributed by atoms with Gasteiger partial charge in [-0.3, -0.25) is 0 Å². The fourth-order valence-electron chi connectivity index (χ4n) is 3.60. The molecule has 0 aliphatic carbocycles. The van der Waals surface area contributed by atoms with Crippen LogP contribution in [0, 0.1) is 0 Å². The number of carbonyl (C=O) groups excluding carboxylic acids is 2. The van der Waals surface area contributed by atoms with Gasteiger partial charge in [-0.2, -0.15) is 0 Å². The quantitative estimate of drug-likeness (QED) is 0.205. The number of likely N-dealkylation sites (N-methyl/N-ethyl adjacent to an activating group) is 2. The molecule has 2 amide bonds. The zero-order chi connectivity index (χ0) is 21.7. The number of benzene rings is 2. The van der Waals surface area contributed by atoms with Crippen LogP contribution in [-0.2, 0) is 9.59 Å². The van der Waals surface area contributed by atoms with E-state index in [2.05, 4.69) is 26.5 Å². The number of para-hydroxylation sites is 4. The van der Waals surface area contributed by atoms with E-state index >= 15 is 0 Å². The molecule has 8 heteroatoms. The van der Waals surface area contributed by atoms with E-state index in [4.69, 9.17) is 4.74 Å². The van der Waals surface area contributed by atoms with Crippen molar-refractivity contribution in [2.75, 3.05) is 19.0 Å². The van der Waals surface area contributed by atoms with E-state index in [-0.39, 0.29) is 17.4 Å². The summed E-state index contributed by atoms with van der Waals surface area (Å²) < 4.78 is 8.80. The van der Waals surface area contributed by atoms with Gasteiger partial charge in [0.1, 0.15) is 0 Å². The Balaban J connectivity index is 1.57. The van der Waals surface area contributed by atoms with Gasteiger partial charge >= 0.3 is 198 Å². The summed E-state index contributed by atoms with van der Waals surface area (Å²) in [6, 6.07) is 20.0. The van der Waals surface area contributed by atoms with Gasteiger partial charge in [-0.15, -0.1) is 0 Å². The van der Waals surface area contributed by atoms with Crippen LogP contribution in [0.5, 0.6) is 11.5 Å². The summed E-state index contributed by atoms with van der Waals surface area (Å²) in [4.78, 5) is 30.6. The number of fused-ring (bicyclic) bond motifs is 2. The molecule has 31 heavy (non-hydrogen) atoms. The van der Waals surface area contributed by atoms with Crippen LogP contribution in [0.25, 0.3) is 6.08 Å². The Morgan fingerprint density at radius 1 is 0.839 bits per heavy atom. The molecule has 0 N–H and O–H groups in total. The average molecular weight is 590 g/mol. The summed E-state index contributed by atoms with van der Waals surface area (Å²) in [7, 11) is 3.33. The van der Waals surface area contributed by atoms with E-state index in [0.29, 0.717) is 4.67 Å². The molecule has 2 aromatic carbocycles. The summed E-state index contributed by atoms with van der Waals surface area (Å²) in [5, 5.41) is 0. The van der Waals surface area contributed by atoms with Crippen molar-refractivity contribution >= 4 is 73.6 Å². The maximum absolute atomic E-state index is 12.7. The molecule has 2 aliphatic heterocycles. The number of anilines is 3. The minimum absolute atomic E-state index is 0.192. The molecule has 0 spiro atoms. The summed E-state index contributed by atoms with van der Waals surface area (Å²) in [6.07, 6.45) is 1.76. The van der Waals surface area contributed by atoms with E-state index in [0.717, 1.165) is 26.5 Å². The molecule has 0 saturated carbocycles. The predicted molar refractivity (Wildman–Crippen MR) is 122 cm³/mol. The van der Waals surface area contributed by atoms with Gasteiger partial charge in [-0.25, -0.2) is 0 Å². The van der Waals surface area contributed by atoms with E-state index in [9.17, 15) is 9.59 Å². The summed E-state index contributed by atoms with van der Waals surface area (Å²) in [6.45, 7) is 0. The number of hydrogen-bond donors (Lipinski definition) is 0. The number of nitrogens with zero attached hydrogens (tertiary/aromatic N) is 3. The van der Waals surface area contributed by atoms with Gasteiger partial charge in [-0.05, 0) is 0 Å². The SMILES string of the molecule is CN1C(=O)C(=Cc2ccc(N3c4ccccc4Oc4ccccc43)[te]2)C(=O)N(C)C1=[Se]. The first-order chi connectivity index (χ1) is 15.0. The summed E-state index contributed by atoms with van der Waals surface area (Å²) >= 11 is 1.95. The molecule has 5 rings (SSSR count). The first-order valence-electron chi connectivity index (χ1n) is 9.53. The third-order valence-electron chi connectivity index (χ3n) is 5.20. The van der Waals surface area contributed by atoms with Gasteiger partial charge in [0.05, 0.1) is 0 Å². The number of rotatable bonds is 2. The zero-order valence-corrected chi connectivity index (χ0v) is 20.8. The molecule has 1 fully saturated rings. The second-order valence-electron chi connectivity index (χ2n) is 7.12. The van der Waals surface area contributed by atoms with Crippen LogP contribution in [0.4, 0.5) is 15.1 Å². The van der Waals surface area contributed by atoms with Crippen LogP contribution in [0.15, 0.2) is 66.2 Å². The van der Waals surface area contributed by atoms with Crippen molar-refractivity contribution in [3.05, 3.63) is 69.8 Å². The van der Waals surface area contributed by atoms with Crippen molar-refractivity contribution in [2.45, 2.75) is 0 Å². The van der Waals surface area contributed by atoms with Crippen LogP contribution in [0.3, 0.4) is 0 Å². The summed E-state index contributed by atoms with van der Waals surface area (Å²) in [5.74, 6) is 1.04. The van der Waals surface area contributed by atoms with Gasteiger partial charge in [-0.1, -0.05) is 0 Å². The van der Waals surface area contributed by atoms with E-state index in [1.54, 1.807) is 20.2 Å². The molecule has 3 heterocycles. The fraction of sp³-hybridized carbons (Fsp3) is 0.0870. The van der Waals surface area contributed by atoms with Crippen molar-refractivity contribution in [1.29, 1.82) is 0 Å². The topological polar surface area (TPSA) is 53.1 Å². The number of carbonyl (C=O) groups is 2. The third kappa shape index (κ3) is 3.37. The monoisotopic (exact) mass is 593 g/mol. The van der Waals surface area contributed by atoms with E-state index in [1.165, 1.54) is 13.5 Å². The Bertz CT molecular complexity index is 1210. The van der Waals surface area contributed by atoms with Crippen LogP contribution in [0.2, 0.25) is 0 Å². The van der Waals surface area contributed by atoms with Crippen molar-refractivity contribution in [3.63, 3.8) is 0 Å². The van der Waals surface area contributed by atoms with Crippen molar-refractivity contribution in [1.82, 2.24) is 9.80 Å². The van der Waals surface area contributed by atoms with E-state index in [1.807, 2.05) is 54.6 Å². The van der Waals surface area contributed by atoms with E-state index < -0.39 is 20.4 Å². The Hall–Kier alpha value is -2.62. The molecule has 6 nitrogen and oxygen atoms in total. The van der Waals surface area contributed by atoms with Crippen molar-refractivity contribution in [3.8, 4) is 11.5 Å². The molecular weight excluding hydrogens is 573 g/mol. The Morgan fingerprint density at radius 2 is 1.39 bits per heavy atom. The van der Waals surface area contributed by atoms with Crippen molar-refractivity contribution < 1.29 is 14.3 Å². The molecule has 0 bridgehead atoms. The number of hydrogen-bond acceptors (Lipinski definition) is 4. The molecule has 154 valence electrons. The summed E-state index contributed by atoms with van der Waals surface area (Å²) in [5.41, 5.74) is 2.17. The first kappa shape index (κ1) is 20.3.